The van der Waals surface area contributed by atoms with E-state index in [-0.39, 0.29) is 11.8 Å². The average molecular weight is 249 g/mol. The minimum atomic E-state index is -0.741. The fourth-order valence-electron chi connectivity index (χ4n) is 2.54. The van der Waals surface area contributed by atoms with E-state index in [1.54, 1.807) is 6.20 Å². The quantitative estimate of drug-likeness (QED) is 0.830. The molecule has 0 amide bonds. The number of hydrogen-bond donors (Lipinski definition) is 1. The minimum Gasteiger partial charge on any atom is -0.481 e. The molecular formula is C12H15N3O3. The molecule has 6 heteroatoms. The van der Waals surface area contributed by atoms with E-state index in [9.17, 15) is 4.79 Å². The molecule has 0 saturated carbocycles. The summed E-state index contributed by atoms with van der Waals surface area (Å²) in [5.41, 5.74) is 1.95. The Morgan fingerprint density at radius 3 is 3.06 bits per heavy atom. The number of carbonyl (C=O) groups is 1. The Morgan fingerprint density at radius 1 is 1.50 bits per heavy atom. The van der Waals surface area contributed by atoms with Gasteiger partial charge in [-0.3, -0.25) is 4.79 Å². The molecule has 0 spiro atoms. The van der Waals surface area contributed by atoms with Gasteiger partial charge in [-0.25, -0.2) is 9.97 Å². The molecule has 1 saturated heterocycles. The maximum absolute atomic E-state index is 11.1. The van der Waals surface area contributed by atoms with Crippen molar-refractivity contribution in [3.8, 4) is 0 Å². The zero-order valence-electron chi connectivity index (χ0n) is 10.2. The van der Waals surface area contributed by atoms with Crippen LogP contribution in [0, 0.1) is 11.8 Å². The summed E-state index contributed by atoms with van der Waals surface area (Å²) in [7, 11) is 0. The summed E-state index contributed by atoms with van der Waals surface area (Å²) >= 11 is 0. The van der Waals surface area contributed by atoms with Gasteiger partial charge in [-0.1, -0.05) is 6.92 Å². The Bertz CT molecular complexity index is 491. The lowest BCUT2D eigenvalue weighted by atomic mass is 9.99. The van der Waals surface area contributed by atoms with E-state index in [2.05, 4.69) is 9.97 Å². The number of fused-ring (bicyclic) bond motifs is 1. The molecule has 2 atom stereocenters. The third kappa shape index (κ3) is 1.82. The zero-order valence-corrected chi connectivity index (χ0v) is 10.2. The Morgan fingerprint density at radius 2 is 2.33 bits per heavy atom. The average Bonchev–Trinajstić information content (AvgIpc) is 2.93. The second-order valence-electron chi connectivity index (χ2n) is 4.96. The number of nitrogens with zero attached hydrogens (tertiary/aromatic N) is 3. The summed E-state index contributed by atoms with van der Waals surface area (Å²) < 4.78 is 5.30. The van der Waals surface area contributed by atoms with Crippen LogP contribution in [0.3, 0.4) is 0 Å². The summed E-state index contributed by atoms with van der Waals surface area (Å²) in [6, 6.07) is 0. The Kier molecular flexibility index (Phi) is 2.66. The van der Waals surface area contributed by atoms with Crippen LogP contribution in [0.5, 0.6) is 0 Å². The number of aliphatic carboxylic acids is 1. The molecule has 96 valence electrons. The van der Waals surface area contributed by atoms with Crippen LogP contribution < -0.4 is 4.90 Å². The summed E-state index contributed by atoms with van der Waals surface area (Å²) in [6.45, 7) is 4.22. The molecule has 0 aliphatic carbocycles. The maximum atomic E-state index is 11.1. The molecule has 18 heavy (non-hydrogen) atoms. The predicted octanol–water partition coefficient (Wildman–Crippen LogP) is 0.664. The van der Waals surface area contributed by atoms with Crippen LogP contribution >= 0.6 is 0 Å². The van der Waals surface area contributed by atoms with Crippen molar-refractivity contribution in [2.24, 2.45) is 11.8 Å². The van der Waals surface area contributed by atoms with Crippen LogP contribution in [-0.4, -0.2) is 34.1 Å². The largest absolute Gasteiger partial charge is 0.481 e. The highest BCUT2D eigenvalue weighted by Gasteiger charge is 2.36. The lowest BCUT2D eigenvalue weighted by molar-refractivity contribution is -0.142. The van der Waals surface area contributed by atoms with Crippen molar-refractivity contribution in [2.75, 3.05) is 18.0 Å². The van der Waals surface area contributed by atoms with Gasteiger partial charge in [-0.05, 0) is 5.92 Å². The lowest BCUT2D eigenvalue weighted by Crippen LogP contribution is -2.24. The van der Waals surface area contributed by atoms with Crippen LogP contribution in [0.2, 0.25) is 0 Å². The van der Waals surface area contributed by atoms with Gasteiger partial charge >= 0.3 is 5.97 Å². The van der Waals surface area contributed by atoms with E-state index >= 15 is 0 Å². The van der Waals surface area contributed by atoms with Crippen LogP contribution in [0.15, 0.2) is 6.20 Å². The van der Waals surface area contributed by atoms with E-state index in [4.69, 9.17) is 9.84 Å². The van der Waals surface area contributed by atoms with E-state index in [0.717, 1.165) is 11.3 Å². The molecule has 0 unspecified atom stereocenters. The summed E-state index contributed by atoms with van der Waals surface area (Å²) in [5.74, 6) is -0.335. The van der Waals surface area contributed by atoms with Crippen molar-refractivity contribution in [2.45, 2.75) is 20.1 Å². The topological polar surface area (TPSA) is 75.5 Å². The van der Waals surface area contributed by atoms with Crippen LogP contribution in [0.4, 0.5) is 5.95 Å². The zero-order chi connectivity index (χ0) is 12.7. The van der Waals surface area contributed by atoms with Crippen molar-refractivity contribution in [3.63, 3.8) is 0 Å². The number of carboxylic acids is 1. The van der Waals surface area contributed by atoms with Crippen LogP contribution in [-0.2, 0) is 22.7 Å². The Balaban J connectivity index is 1.82. The fourth-order valence-corrected chi connectivity index (χ4v) is 2.54. The summed E-state index contributed by atoms with van der Waals surface area (Å²) in [5, 5.41) is 9.12. The molecule has 6 nitrogen and oxygen atoms in total. The molecule has 0 aromatic carbocycles. The first-order valence-corrected chi connectivity index (χ1v) is 6.05. The molecule has 0 bridgehead atoms. The molecule has 1 aromatic rings. The van der Waals surface area contributed by atoms with Gasteiger partial charge in [0.2, 0.25) is 5.95 Å². The number of hydrogen-bond acceptors (Lipinski definition) is 5. The third-order valence-corrected chi connectivity index (χ3v) is 3.65. The van der Waals surface area contributed by atoms with Gasteiger partial charge in [0.15, 0.2) is 0 Å². The lowest BCUT2D eigenvalue weighted by Gasteiger charge is -2.15. The van der Waals surface area contributed by atoms with Gasteiger partial charge in [-0.2, -0.15) is 0 Å². The number of anilines is 1. The maximum Gasteiger partial charge on any atom is 0.308 e. The molecule has 1 N–H and O–H groups in total. The first-order valence-electron chi connectivity index (χ1n) is 6.05. The second-order valence-corrected chi connectivity index (χ2v) is 4.96. The van der Waals surface area contributed by atoms with Gasteiger partial charge in [-0.15, -0.1) is 0 Å². The highest BCUT2D eigenvalue weighted by Crippen LogP contribution is 2.27. The first-order chi connectivity index (χ1) is 8.65. The monoisotopic (exact) mass is 249 g/mol. The van der Waals surface area contributed by atoms with Crippen LogP contribution in [0.25, 0.3) is 0 Å². The number of carboxylic acid groups (broad SMARTS) is 1. The number of aromatic nitrogens is 2. The van der Waals surface area contributed by atoms with Gasteiger partial charge in [0.1, 0.15) is 0 Å². The molecule has 2 aliphatic heterocycles. The van der Waals surface area contributed by atoms with Crippen molar-refractivity contribution >= 4 is 11.9 Å². The highest BCUT2D eigenvalue weighted by atomic mass is 16.5. The van der Waals surface area contributed by atoms with Gasteiger partial charge in [0.25, 0.3) is 0 Å². The van der Waals surface area contributed by atoms with Gasteiger partial charge < -0.3 is 14.7 Å². The molecule has 3 heterocycles. The molecule has 2 aliphatic rings. The highest BCUT2D eigenvalue weighted by molar-refractivity contribution is 5.72. The Hall–Kier alpha value is -1.69. The molecule has 1 aromatic heterocycles. The van der Waals surface area contributed by atoms with E-state index in [0.29, 0.717) is 32.3 Å². The fraction of sp³-hybridized carbons (Fsp3) is 0.583. The van der Waals surface area contributed by atoms with Crippen LogP contribution in [0.1, 0.15) is 18.2 Å². The number of rotatable bonds is 2. The molecular weight excluding hydrogens is 234 g/mol. The van der Waals surface area contributed by atoms with Crippen molar-refractivity contribution in [3.05, 3.63) is 17.5 Å². The van der Waals surface area contributed by atoms with Crippen molar-refractivity contribution < 1.29 is 14.6 Å². The van der Waals surface area contributed by atoms with Gasteiger partial charge in [0, 0.05) is 24.8 Å². The number of ether oxygens (including phenoxy) is 1. The smallest absolute Gasteiger partial charge is 0.308 e. The van der Waals surface area contributed by atoms with Crippen molar-refractivity contribution in [1.82, 2.24) is 9.97 Å². The standard InChI is InChI=1S/C12H15N3O3/c1-7-3-15(4-9(7)11(16)17)12-13-2-8-5-18-6-10(8)14-12/h2,7,9H,3-6H2,1H3,(H,16,17)/t7-,9-/m1/s1. The molecule has 0 radical (unpaired) electrons. The van der Waals surface area contributed by atoms with E-state index in [1.165, 1.54) is 0 Å². The summed E-state index contributed by atoms with van der Waals surface area (Å²) in [4.78, 5) is 21.8. The predicted molar refractivity (Wildman–Crippen MR) is 63.0 cm³/mol. The van der Waals surface area contributed by atoms with E-state index in [1.807, 2.05) is 11.8 Å². The minimum absolute atomic E-state index is 0.121. The van der Waals surface area contributed by atoms with Gasteiger partial charge in [0.05, 0.1) is 24.8 Å². The molecule has 1 fully saturated rings. The summed E-state index contributed by atoms with van der Waals surface area (Å²) in [6.07, 6.45) is 1.78. The van der Waals surface area contributed by atoms with Crippen molar-refractivity contribution in [1.29, 1.82) is 0 Å². The first kappa shape index (κ1) is 11.4. The third-order valence-electron chi connectivity index (χ3n) is 3.65. The molecule has 3 rings (SSSR count). The second kappa shape index (κ2) is 4.20. The normalized spacial score (nSPS) is 26.4. The van der Waals surface area contributed by atoms with E-state index < -0.39 is 5.97 Å². The Labute approximate surface area is 105 Å². The SMILES string of the molecule is C[C@@H]1CN(c2ncc3c(n2)COC3)C[C@H]1C(=O)O.